The number of aryl methyl sites for hydroxylation is 1. The highest BCUT2D eigenvalue weighted by atomic mass is 16.5. The molecule has 0 aliphatic heterocycles. The van der Waals surface area contributed by atoms with Gasteiger partial charge in [-0.3, -0.25) is 9.59 Å². The molecule has 0 radical (unpaired) electrons. The van der Waals surface area contributed by atoms with Gasteiger partial charge in [0.2, 0.25) is 0 Å². The zero-order chi connectivity index (χ0) is 13.1. The Hall–Kier alpha value is -1.62. The molecule has 2 atom stereocenters. The number of methoxy groups -OCH3 is 1. The summed E-state index contributed by atoms with van der Waals surface area (Å²) >= 11 is 0. The predicted molar refractivity (Wildman–Crippen MR) is 67.6 cm³/mol. The molecule has 2 rings (SSSR count). The Kier molecular flexibility index (Phi) is 3.81. The van der Waals surface area contributed by atoms with Gasteiger partial charge in [0.15, 0.2) is 0 Å². The summed E-state index contributed by atoms with van der Waals surface area (Å²) in [7, 11) is 3.35. The first-order chi connectivity index (χ1) is 8.60. The standard InChI is InChI=1S/C13H18N2O3/c1-15-6-5-9(7-12(15)16)13(17)14-10-3-4-11(8-10)18-2/h5-7,10-11H,3-4,8H2,1-2H3,(H,14,17). The number of aromatic nitrogens is 1. The first kappa shape index (κ1) is 12.8. The van der Waals surface area contributed by atoms with Crippen LogP contribution < -0.4 is 10.9 Å². The third-order valence-corrected chi connectivity index (χ3v) is 3.42. The van der Waals surface area contributed by atoms with E-state index in [1.807, 2.05) is 0 Å². The Morgan fingerprint density at radius 3 is 2.89 bits per heavy atom. The monoisotopic (exact) mass is 250 g/mol. The van der Waals surface area contributed by atoms with Crippen molar-refractivity contribution in [2.24, 2.45) is 7.05 Å². The molecule has 1 aromatic rings. The Labute approximate surface area is 106 Å². The maximum Gasteiger partial charge on any atom is 0.251 e. The smallest absolute Gasteiger partial charge is 0.251 e. The minimum atomic E-state index is -0.186. The molecule has 2 unspecified atom stereocenters. The summed E-state index contributed by atoms with van der Waals surface area (Å²) in [6.07, 6.45) is 4.57. The van der Waals surface area contributed by atoms with Gasteiger partial charge in [0.25, 0.3) is 11.5 Å². The SMILES string of the molecule is COC1CCC(NC(=O)c2ccn(C)c(=O)c2)C1. The molecule has 0 aromatic carbocycles. The number of ether oxygens (including phenoxy) is 1. The number of hydrogen-bond donors (Lipinski definition) is 1. The molecule has 5 nitrogen and oxygen atoms in total. The van der Waals surface area contributed by atoms with Crippen LogP contribution in [0.5, 0.6) is 0 Å². The van der Waals surface area contributed by atoms with Crippen LogP contribution in [0, 0.1) is 0 Å². The maximum absolute atomic E-state index is 12.0. The topological polar surface area (TPSA) is 60.3 Å². The highest BCUT2D eigenvalue weighted by Crippen LogP contribution is 2.21. The molecule has 18 heavy (non-hydrogen) atoms. The fraction of sp³-hybridized carbons (Fsp3) is 0.538. The molecular formula is C13H18N2O3. The minimum absolute atomic E-state index is 0.145. The molecular weight excluding hydrogens is 232 g/mol. The van der Waals surface area contributed by atoms with Crippen LogP contribution in [-0.4, -0.2) is 29.7 Å². The molecule has 5 heteroatoms. The van der Waals surface area contributed by atoms with E-state index < -0.39 is 0 Å². The van der Waals surface area contributed by atoms with Crippen molar-refractivity contribution in [2.45, 2.75) is 31.4 Å². The number of nitrogens with one attached hydrogen (secondary N) is 1. The lowest BCUT2D eigenvalue weighted by atomic mass is 10.2. The van der Waals surface area contributed by atoms with Gasteiger partial charge in [-0.15, -0.1) is 0 Å². The van der Waals surface area contributed by atoms with Crippen LogP contribution in [0.25, 0.3) is 0 Å². The molecule has 1 aromatic heterocycles. The molecule has 1 aliphatic carbocycles. The second-order valence-electron chi connectivity index (χ2n) is 4.71. The third-order valence-electron chi connectivity index (χ3n) is 3.42. The Bertz CT molecular complexity index is 495. The van der Waals surface area contributed by atoms with Crippen LogP contribution in [0.15, 0.2) is 23.1 Å². The number of carbonyl (C=O) groups is 1. The second kappa shape index (κ2) is 5.35. The summed E-state index contributed by atoms with van der Waals surface area (Å²) in [5.74, 6) is -0.186. The molecule has 1 saturated carbocycles. The largest absolute Gasteiger partial charge is 0.381 e. The second-order valence-corrected chi connectivity index (χ2v) is 4.71. The van der Waals surface area contributed by atoms with Crippen LogP contribution in [0.1, 0.15) is 29.6 Å². The quantitative estimate of drug-likeness (QED) is 0.858. The Morgan fingerprint density at radius 1 is 1.50 bits per heavy atom. The van der Waals surface area contributed by atoms with Crippen LogP contribution in [0.4, 0.5) is 0 Å². The molecule has 1 N–H and O–H groups in total. The van der Waals surface area contributed by atoms with Crippen molar-refractivity contribution in [2.75, 3.05) is 7.11 Å². The van der Waals surface area contributed by atoms with E-state index in [0.717, 1.165) is 19.3 Å². The third kappa shape index (κ3) is 2.79. The van der Waals surface area contributed by atoms with Crippen molar-refractivity contribution in [1.82, 2.24) is 9.88 Å². The predicted octanol–water partition coefficient (Wildman–Crippen LogP) is 0.683. The molecule has 1 aliphatic rings. The number of hydrogen-bond acceptors (Lipinski definition) is 3. The normalized spacial score (nSPS) is 23.0. The lowest BCUT2D eigenvalue weighted by Gasteiger charge is -2.13. The van der Waals surface area contributed by atoms with Gasteiger partial charge in [-0.1, -0.05) is 0 Å². The van der Waals surface area contributed by atoms with E-state index >= 15 is 0 Å². The van der Waals surface area contributed by atoms with E-state index in [-0.39, 0.29) is 23.6 Å². The lowest BCUT2D eigenvalue weighted by Crippen LogP contribution is -2.34. The van der Waals surface area contributed by atoms with E-state index in [4.69, 9.17) is 4.74 Å². The average Bonchev–Trinajstić information content (AvgIpc) is 2.80. The van der Waals surface area contributed by atoms with E-state index in [0.29, 0.717) is 5.56 Å². The highest BCUT2D eigenvalue weighted by Gasteiger charge is 2.25. The zero-order valence-electron chi connectivity index (χ0n) is 10.7. The van der Waals surface area contributed by atoms with Crippen molar-refractivity contribution >= 4 is 5.91 Å². The van der Waals surface area contributed by atoms with Crippen LogP contribution in [0.3, 0.4) is 0 Å². The van der Waals surface area contributed by atoms with E-state index in [1.54, 1.807) is 26.4 Å². The number of amides is 1. The Balaban J connectivity index is 2.00. The molecule has 0 bridgehead atoms. The van der Waals surface area contributed by atoms with Gasteiger partial charge in [0.05, 0.1) is 6.10 Å². The fourth-order valence-electron chi connectivity index (χ4n) is 2.24. The number of rotatable bonds is 3. The van der Waals surface area contributed by atoms with Crippen molar-refractivity contribution in [1.29, 1.82) is 0 Å². The molecule has 0 spiro atoms. The number of carbonyl (C=O) groups excluding carboxylic acids is 1. The summed E-state index contributed by atoms with van der Waals surface area (Å²) in [5.41, 5.74) is 0.239. The van der Waals surface area contributed by atoms with Gasteiger partial charge in [-0.05, 0) is 25.3 Å². The van der Waals surface area contributed by atoms with Crippen LogP contribution >= 0.6 is 0 Å². The lowest BCUT2D eigenvalue weighted by molar-refractivity contribution is 0.0914. The van der Waals surface area contributed by atoms with Gasteiger partial charge in [-0.2, -0.15) is 0 Å². The average molecular weight is 250 g/mol. The van der Waals surface area contributed by atoms with Crippen molar-refractivity contribution < 1.29 is 9.53 Å². The highest BCUT2D eigenvalue weighted by molar-refractivity contribution is 5.94. The van der Waals surface area contributed by atoms with Crippen LogP contribution in [-0.2, 0) is 11.8 Å². The maximum atomic E-state index is 12.0. The summed E-state index contributed by atoms with van der Waals surface area (Å²) in [6.45, 7) is 0. The number of nitrogens with zero attached hydrogens (tertiary/aromatic N) is 1. The first-order valence-corrected chi connectivity index (χ1v) is 6.10. The molecule has 98 valence electrons. The summed E-state index contributed by atoms with van der Waals surface area (Å²) in [6, 6.07) is 3.16. The van der Waals surface area contributed by atoms with E-state index in [9.17, 15) is 9.59 Å². The molecule has 0 saturated heterocycles. The van der Waals surface area contributed by atoms with Gasteiger partial charge in [-0.25, -0.2) is 0 Å². The van der Waals surface area contributed by atoms with E-state index in [1.165, 1.54) is 10.6 Å². The van der Waals surface area contributed by atoms with Gasteiger partial charge in [0.1, 0.15) is 0 Å². The van der Waals surface area contributed by atoms with Crippen molar-refractivity contribution in [3.05, 3.63) is 34.2 Å². The zero-order valence-corrected chi connectivity index (χ0v) is 10.7. The number of pyridine rings is 1. The summed E-state index contributed by atoms with van der Waals surface area (Å²) in [5, 5.41) is 2.94. The van der Waals surface area contributed by atoms with Crippen molar-refractivity contribution in [3.8, 4) is 0 Å². The summed E-state index contributed by atoms with van der Waals surface area (Å²) in [4.78, 5) is 23.4. The van der Waals surface area contributed by atoms with Gasteiger partial charge >= 0.3 is 0 Å². The van der Waals surface area contributed by atoms with Crippen LogP contribution in [0.2, 0.25) is 0 Å². The first-order valence-electron chi connectivity index (χ1n) is 6.10. The summed E-state index contributed by atoms with van der Waals surface area (Å²) < 4.78 is 6.70. The van der Waals surface area contributed by atoms with Gasteiger partial charge in [0, 0.05) is 38.0 Å². The van der Waals surface area contributed by atoms with E-state index in [2.05, 4.69) is 5.32 Å². The fourth-order valence-corrected chi connectivity index (χ4v) is 2.24. The minimum Gasteiger partial charge on any atom is -0.381 e. The molecule has 1 fully saturated rings. The Morgan fingerprint density at radius 2 is 2.28 bits per heavy atom. The molecule has 1 heterocycles. The van der Waals surface area contributed by atoms with Crippen molar-refractivity contribution in [3.63, 3.8) is 0 Å². The van der Waals surface area contributed by atoms with Gasteiger partial charge < -0.3 is 14.6 Å². The molecule has 1 amide bonds.